The summed E-state index contributed by atoms with van der Waals surface area (Å²) in [4.78, 5) is 2.51. The van der Waals surface area contributed by atoms with Crippen molar-refractivity contribution < 1.29 is 4.74 Å². The van der Waals surface area contributed by atoms with E-state index < -0.39 is 0 Å². The molecule has 1 saturated heterocycles. The minimum atomic E-state index is 0.343. The van der Waals surface area contributed by atoms with Gasteiger partial charge in [-0.1, -0.05) is 60.7 Å². The van der Waals surface area contributed by atoms with E-state index >= 15 is 0 Å². The maximum absolute atomic E-state index is 6.20. The van der Waals surface area contributed by atoms with Crippen molar-refractivity contribution in [1.82, 2.24) is 10.2 Å². The van der Waals surface area contributed by atoms with Crippen molar-refractivity contribution in [3.8, 4) is 0 Å². The summed E-state index contributed by atoms with van der Waals surface area (Å²) in [5.74, 6) is 0. The predicted octanol–water partition coefficient (Wildman–Crippen LogP) is 3.46. The molecule has 1 aliphatic heterocycles. The van der Waals surface area contributed by atoms with Gasteiger partial charge in [0.15, 0.2) is 0 Å². The number of nitrogens with zero attached hydrogens (tertiary/aromatic N) is 1. The minimum Gasteiger partial charge on any atom is -0.372 e. The first-order chi connectivity index (χ1) is 11.8. The molecule has 3 nitrogen and oxygen atoms in total. The van der Waals surface area contributed by atoms with E-state index in [1.54, 1.807) is 0 Å². The SMILES string of the molecule is CNCC1CCC(CN(Cc2ccccc2)Cc2ccccc2)O1. The average molecular weight is 324 g/mol. The van der Waals surface area contributed by atoms with Gasteiger partial charge in [-0.2, -0.15) is 0 Å². The van der Waals surface area contributed by atoms with Gasteiger partial charge in [0.05, 0.1) is 12.2 Å². The van der Waals surface area contributed by atoms with Crippen molar-refractivity contribution in [1.29, 1.82) is 0 Å². The molecule has 1 N–H and O–H groups in total. The van der Waals surface area contributed by atoms with E-state index in [0.717, 1.165) is 39.0 Å². The molecule has 2 unspecified atom stereocenters. The lowest BCUT2D eigenvalue weighted by molar-refractivity contribution is 0.0209. The standard InChI is InChI=1S/C21H28N2O/c1-22-14-20-12-13-21(24-20)17-23(15-18-8-4-2-5-9-18)16-19-10-6-3-7-11-19/h2-11,20-22H,12-17H2,1H3. The predicted molar refractivity (Wildman–Crippen MR) is 98.8 cm³/mol. The number of hydrogen-bond donors (Lipinski definition) is 1. The highest BCUT2D eigenvalue weighted by molar-refractivity contribution is 5.17. The van der Waals surface area contributed by atoms with Gasteiger partial charge in [-0.25, -0.2) is 0 Å². The van der Waals surface area contributed by atoms with Crippen molar-refractivity contribution in [2.45, 2.75) is 38.1 Å². The summed E-state index contributed by atoms with van der Waals surface area (Å²) in [7, 11) is 1.99. The van der Waals surface area contributed by atoms with Gasteiger partial charge in [-0.05, 0) is 31.0 Å². The Labute approximate surface area is 145 Å². The van der Waals surface area contributed by atoms with Gasteiger partial charge in [0.25, 0.3) is 0 Å². The molecule has 1 aliphatic rings. The van der Waals surface area contributed by atoms with Crippen LogP contribution in [0.4, 0.5) is 0 Å². The Hall–Kier alpha value is -1.68. The second kappa shape index (κ2) is 8.97. The molecular weight excluding hydrogens is 296 g/mol. The van der Waals surface area contributed by atoms with Crippen molar-refractivity contribution in [2.24, 2.45) is 0 Å². The lowest BCUT2D eigenvalue weighted by atomic mass is 10.1. The molecule has 0 spiro atoms. The van der Waals surface area contributed by atoms with Crippen molar-refractivity contribution in [3.63, 3.8) is 0 Å². The third kappa shape index (κ3) is 5.17. The maximum atomic E-state index is 6.20. The van der Waals surface area contributed by atoms with Crippen LogP contribution >= 0.6 is 0 Å². The van der Waals surface area contributed by atoms with Crippen LogP contribution in [-0.2, 0) is 17.8 Å². The van der Waals surface area contributed by atoms with Gasteiger partial charge in [0.2, 0.25) is 0 Å². The molecular formula is C21H28N2O. The Kier molecular flexibility index (Phi) is 6.41. The molecule has 3 rings (SSSR count). The van der Waals surface area contributed by atoms with E-state index in [-0.39, 0.29) is 0 Å². The largest absolute Gasteiger partial charge is 0.372 e. The molecule has 1 fully saturated rings. The quantitative estimate of drug-likeness (QED) is 0.805. The number of nitrogens with one attached hydrogen (secondary N) is 1. The minimum absolute atomic E-state index is 0.343. The number of benzene rings is 2. The first-order valence-electron chi connectivity index (χ1n) is 8.94. The van der Waals surface area contributed by atoms with Gasteiger partial charge in [0.1, 0.15) is 0 Å². The normalized spacial score (nSPS) is 20.6. The number of ether oxygens (including phenoxy) is 1. The molecule has 2 aromatic rings. The highest BCUT2D eigenvalue weighted by Crippen LogP contribution is 2.21. The lowest BCUT2D eigenvalue weighted by Crippen LogP contribution is -2.33. The van der Waals surface area contributed by atoms with E-state index in [2.05, 4.69) is 70.9 Å². The second-order valence-corrected chi connectivity index (χ2v) is 6.66. The van der Waals surface area contributed by atoms with Gasteiger partial charge in [0, 0.05) is 26.2 Å². The summed E-state index contributed by atoms with van der Waals surface area (Å²) in [5, 5.41) is 3.22. The molecule has 2 aromatic carbocycles. The summed E-state index contributed by atoms with van der Waals surface area (Å²) in [6.45, 7) is 3.87. The summed E-state index contributed by atoms with van der Waals surface area (Å²) in [6, 6.07) is 21.4. The molecule has 0 aliphatic carbocycles. The average Bonchev–Trinajstić information content (AvgIpc) is 3.04. The molecule has 2 atom stereocenters. The van der Waals surface area contributed by atoms with E-state index in [1.807, 2.05) is 7.05 Å². The van der Waals surface area contributed by atoms with Crippen LogP contribution in [0, 0.1) is 0 Å². The van der Waals surface area contributed by atoms with Crippen molar-refractivity contribution in [2.75, 3.05) is 20.1 Å². The molecule has 0 bridgehead atoms. The van der Waals surface area contributed by atoms with Crippen LogP contribution in [0.3, 0.4) is 0 Å². The Morgan fingerprint density at radius 3 is 1.96 bits per heavy atom. The highest BCUT2D eigenvalue weighted by atomic mass is 16.5. The zero-order valence-corrected chi connectivity index (χ0v) is 14.5. The zero-order valence-electron chi connectivity index (χ0n) is 14.5. The summed E-state index contributed by atoms with van der Waals surface area (Å²) in [5.41, 5.74) is 2.72. The Balaban J connectivity index is 1.63. The topological polar surface area (TPSA) is 24.5 Å². The highest BCUT2D eigenvalue weighted by Gasteiger charge is 2.26. The molecule has 1 heterocycles. The molecule has 0 radical (unpaired) electrons. The van der Waals surface area contributed by atoms with Crippen LogP contribution < -0.4 is 5.32 Å². The van der Waals surface area contributed by atoms with Crippen LogP contribution in [-0.4, -0.2) is 37.2 Å². The molecule has 0 aromatic heterocycles. The van der Waals surface area contributed by atoms with E-state index in [9.17, 15) is 0 Å². The van der Waals surface area contributed by atoms with Gasteiger partial charge < -0.3 is 10.1 Å². The Bertz CT molecular complexity index is 546. The van der Waals surface area contributed by atoms with Crippen LogP contribution in [0.2, 0.25) is 0 Å². The third-order valence-corrected chi connectivity index (χ3v) is 4.59. The second-order valence-electron chi connectivity index (χ2n) is 6.66. The van der Waals surface area contributed by atoms with E-state index in [4.69, 9.17) is 4.74 Å². The zero-order chi connectivity index (χ0) is 16.6. The summed E-state index contributed by atoms with van der Waals surface area (Å²) >= 11 is 0. The fraction of sp³-hybridized carbons (Fsp3) is 0.429. The van der Waals surface area contributed by atoms with Gasteiger partial charge in [-0.3, -0.25) is 4.90 Å². The molecule has 24 heavy (non-hydrogen) atoms. The van der Waals surface area contributed by atoms with Crippen LogP contribution in [0.5, 0.6) is 0 Å². The Morgan fingerprint density at radius 1 is 0.875 bits per heavy atom. The van der Waals surface area contributed by atoms with E-state index in [0.29, 0.717) is 12.2 Å². The smallest absolute Gasteiger partial charge is 0.0707 e. The molecule has 128 valence electrons. The van der Waals surface area contributed by atoms with Crippen LogP contribution in [0.25, 0.3) is 0 Å². The van der Waals surface area contributed by atoms with Gasteiger partial charge >= 0.3 is 0 Å². The van der Waals surface area contributed by atoms with Crippen LogP contribution in [0.15, 0.2) is 60.7 Å². The first kappa shape index (κ1) is 17.2. The molecule has 3 heteroatoms. The summed E-state index contributed by atoms with van der Waals surface area (Å²) < 4.78 is 6.20. The lowest BCUT2D eigenvalue weighted by Gasteiger charge is -2.26. The Morgan fingerprint density at radius 2 is 1.42 bits per heavy atom. The fourth-order valence-electron chi connectivity index (χ4n) is 3.45. The molecule has 0 saturated carbocycles. The number of hydrogen-bond acceptors (Lipinski definition) is 3. The fourth-order valence-corrected chi connectivity index (χ4v) is 3.45. The van der Waals surface area contributed by atoms with Gasteiger partial charge in [-0.15, -0.1) is 0 Å². The van der Waals surface area contributed by atoms with Crippen molar-refractivity contribution >= 4 is 0 Å². The maximum Gasteiger partial charge on any atom is 0.0707 e. The van der Waals surface area contributed by atoms with Crippen molar-refractivity contribution in [3.05, 3.63) is 71.8 Å². The van der Waals surface area contributed by atoms with E-state index in [1.165, 1.54) is 11.1 Å². The summed E-state index contributed by atoms with van der Waals surface area (Å²) in [6.07, 6.45) is 3.04. The monoisotopic (exact) mass is 324 g/mol. The number of likely N-dealkylation sites (N-methyl/N-ethyl adjacent to an activating group) is 1. The first-order valence-corrected chi connectivity index (χ1v) is 8.94. The third-order valence-electron chi connectivity index (χ3n) is 4.59. The molecule has 0 amide bonds. The van der Waals surface area contributed by atoms with Crippen LogP contribution in [0.1, 0.15) is 24.0 Å². The number of rotatable bonds is 8.